The Kier molecular flexibility index (Phi) is 2.54. The molecule has 2 aromatic rings. The normalized spacial score (nSPS) is 10.1. The van der Waals surface area contributed by atoms with E-state index in [1.807, 2.05) is 24.3 Å². The van der Waals surface area contributed by atoms with Gasteiger partial charge in [0.2, 0.25) is 12.2 Å². The van der Waals surface area contributed by atoms with Crippen LogP contribution >= 0.6 is 0 Å². The molecule has 0 saturated carbocycles. The van der Waals surface area contributed by atoms with E-state index >= 15 is 0 Å². The van der Waals surface area contributed by atoms with E-state index in [2.05, 4.69) is 46.9 Å². The zero-order chi connectivity index (χ0) is 9.80. The average Bonchev–Trinajstić information content (AvgIpc) is 2.23. The Labute approximate surface area is 84.1 Å². The summed E-state index contributed by atoms with van der Waals surface area (Å²) in [6.45, 7) is 0.915. The Balaban J connectivity index is 2.24. The maximum atomic E-state index is 2.16. The van der Waals surface area contributed by atoms with Crippen molar-refractivity contribution in [2.24, 2.45) is 7.05 Å². The van der Waals surface area contributed by atoms with Crippen molar-refractivity contribution in [1.82, 2.24) is 0 Å². The molecular weight excluding hydrogens is 172 g/mol. The summed E-state index contributed by atoms with van der Waals surface area (Å²) < 4.78 is 4.30. The quantitative estimate of drug-likeness (QED) is 0.614. The molecule has 2 heteroatoms. The lowest BCUT2D eigenvalue weighted by molar-refractivity contribution is -0.738. The van der Waals surface area contributed by atoms with Gasteiger partial charge in [-0.1, -0.05) is 6.07 Å². The predicted molar refractivity (Wildman–Crippen MR) is 53.4 cm³/mol. The summed E-state index contributed by atoms with van der Waals surface area (Å²) in [6.07, 6.45) is 6.22. The highest BCUT2D eigenvalue weighted by molar-refractivity contribution is 4.95. The summed E-state index contributed by atoms with van der Waals surface area (Å²) in [4.78, 5) is 0. The monoisotopic (exact) mass is 186 g/mol. The van der Waals surface area contributed by atoms with Gasteiger partial charge in [-0.3, -0.25) is 0 Å². The SMILES string of the molecule is C[n+]1ccccc1C[n+]1ccccc1. The van der Waals surface area contributed by atoms with Crippen LogP contribution in [0.1, 0.15) is 5.69 Å². The van der Waals surface area contributed by atoms with Crippen LogP contribution in [-0.4, -0.2) is 0 Å². The second-order valence-corrected chi connectivity index (χ2v) is 3.35. The third kappa shape index (κ3) is 1.96. The van der Waals surface area contributed by atoms with E-state index in [1.165, 1.54) is 5.69 Å². The molecular formula is C12H14N2+2. The minimum Gasteiger partial charge on any atom is -0.200 e. The summed E-state index contributed by atoms with van der Waals surface area (Å²) in [5, 5.41) is 0. The summed E-state index contributed by atoms with van der Waals surface area (Å²) >= 11 is 0. The molecule has 0 bridgehead atoms. The van der Waals surface area contributed by atoms with Crippen LogP contribution in [0, 0.1) is 0 Å². The highest BCUT2D eigenvalue weighted by Crippen LogP contribution is 1.89. The number of rotatable bonds is 2. The van der Waals surface area contributed by atoms with E-state index in [0.717, 1.165) is 6.54 Å². The van der Waals surface area contributed by atoms with Gasteiger partial charge in [-0.2, -0.15) is 9.13 Å². The Morgan fingerprint density at radius 1 is 0.929 bits per heavy atom. The first-order chi connectivity index (χ1) is 6.86. The fourth-order valence-corrected chi connectivity index (χ4v) is 1.45. The standard InChI is InChI=1S/C12H14N2/c1-13-8-6-3-7-12(13)11-14-9-4-2-5-10-14/h2-10H,11H2,1H3/q+2. The van der Waals surface area contributed by atoms with Gasteiger partial charge >= 0.3 is 0 Å². The van der Waals surface area contributed by atoms with Gasteiger partial charge in [-0.05, 0) is 6.07 Å². The van der Waals surface area contributed by atoms with Crippen molar-refractivity contribution in [1.29, 1.82) is 0 Å². The maximum Gasteiger partial charge on any atom is 0.247 e. The van der Waals surface area contributed by atoms with Gasteiger partial charge in [0.1, 0.15) is 7.05 Å². The van der Waals surface area contributed by atoms with Crippen molar-refractivity contribution in [2.75, 3.05) is 0 Å². The minimum atomic E-state index is 0.915. The highest BCUT2D eigenvalue weighted by Gasteiger charge is 2.09. The van der Waals surface area contributed by atoms with Gasteiger partial charge in [0.25, 0.3) is 0 Å². The van der Waals surface area contributed by atoms with Gasteiger partial charge < -0.3 is 0 Å². The zero-order valence-electron chi connectivity index (χ0n) is 8.30. The van der Waals surface area contributed by atoms with Crippen LogP contribution in [0.25, 0.3) is 0 Å². The Morgan fingerprint density at radius 3 is 2.36 bits per heavy atom. The molecule has 0 saturated heterocycles. The number of pyridine rings is 2. The van der Waals surface area contributed by atoms with Crippen LogP contribution in [0.3, 0.4) is 0 Å². The maximum absolute atomic E-state index is 2.16. The molecule has 2 heterocycles. The van der Waals surface area contributed by atoms with E-state index in [0.29, 0.717) is 0 Å². The van der Waals surface area contributed by atoms with Crippen molar-refractivity contribution >= 4 is 0 Å². The van der Waals surface area contributed by atoms with Crippen molar-refractivity contribution in [2.45, 2.75) is 6.54 Å². The molecule has 2 rings (SSSR count). The van der Waals surface area contributed by atoms with Crippen molar-refractivity contribution in [3.63, 3.8) is 0 Å². The zero-order valence-corrected chi connectivity index (χ0v) is 8.30. The third-order valence-corrected chi connectivity index (χ3v) is 2.28. The van der Waals surface area contributed by atoms with Crippen LogP contribution in [0.4, 0.5) is 0 Å². The molecule has 0 spiro atoms. The first kappa shape index (κ1) is 8.88. The van der Waals surface area contributed by atoms with E-state index in [9.17, 15) is 0 Å². The summed E-state index contributed by atoms with van der Waals surface area (Å²) in [6, 6.07) is 12.4. The lowest BCUT2D eigenvalue weighted by Crippen LogP contribution is -2.42. The van der Waals surface area contributed by atoms with Crippen LogP contribution in [0.15, 0.2) is 55.0 Å². The average molecular weight is 186 g/mol. The summed E-state index contributed by atoms with van der Waals surface area (Å²) in [5.74, 6) is 0. The number of nitrogens with zero attached hydrogens (tertiary/aromatic N) is 2. The Morgan fingerprint density at radius 2 is 1.64 bits per heavy atom. The molecule has 70 valence electrons. The van der Waals surface area contributed by atoms with Gasteiger partial charge in [0.05, 0.1) is 0 Å². The first-order valence-electron chi connectivity index (χ1n) is 4.74. The molecule has 0 aliphatic rings. The first-order valence-corrected chi connectivity index (χ1v) is 4.74. The van der Waals surface area contributed by atoms with Crippen LogP contribution < -0.4 is 9.13 Å². The lowest BCUT2D eigenvalue weighted by atomic mass is 10.3. The van der Waals surface area contributed by atoms with Crippen LogP contribution in [0.5, 0.6) is 0 Å². The molecule has 2 nitrogen and oxygen atoms in total. The van der Waals surface area contributed by atoms with Crippen LogP contribution in [-0.2, 0) is 13.6 Å². The fraction of sp³-hybridized carbons (Fsp3) is 0.167. The topological polar surface area (TPSA) is 7.76 Å². The molecule has 0 radical (unpaired) electrons. The molecule has 2 aromatic heterocycles. The van der Waals surface area contributed by atoms with E-state index in [-0.39, 0.29) is 0 Å². The van der Waals surface area contributed by atoms with E-state index < -0.39 is 0 Å². The molecule has 0 aliphatic heterocycles. The summed E-state index contributed by atoms with van der Waals surface area (Å²) in [5.41, 5.74) is 1.30. The molecule has 0 atom stereocenters. The fourth-order valence-electron chi connectivity index (χ4n) is 1.45. The molecule has 0 aromatic carbocycles. The van der Waals surface area contributed by atoms with E-state index in [1.54, 1.807) is 0 Å². The second kappa shape index (κ2) is 4.01. The molecule has 0 aliphatic carbocycles. The van der Waals surface area contributed by atoms with Gasteiger partial charge in [0.15, 0.2) is 18.6 Å². The molecule has 0 amide bonds. The molecule has 0 fully saturated rings. The molecule has 0 unspecified atom stereocenters. The number of hydrogen-bond donors (Lipinski definition) is 0. The molecule has 14 heavy (non-hydrogen) atoms. The van der Waals surface area contributed by atoms with Gasteiger partial charge in [0, 0.05) is 24.3 Å². The number of hydrogen-bond acceptors (Lipinski definition) is 0. The largest absolute Gasteiger partial charge is 0.247 e. The smallest absolute Gasteiger partial charge is 0.200 e. The summed E-state index contributed by atoms with van der Waals surface area (Å²) in [7, 11) is 2.07. The van der Waals surface area contributed by atoms with Crippen LogP contribution in [0.2, 0.25) is 0 Å². The van der Waals surface area contributed by atoms with Gasteiger partial charge in [-0.15, -0.1) is 0 Å². The number of aryl methyl sites for hydroxylation is 1. The predicted octanol–water partition coefficient (Wildman–Crippen LogP) is 0.847. The van der Waals surface area contributed by atoms with Crippen molar-refractivity contribution < 1.29 is 9.13 Å². The van der Waals surface area contributed by atoms with Crippen molar-refractivity contribution in [3.05, 3.63) is 60.7 Å². The Bertz CT molecular complexity index is 410. The second-order valence-electron chi connectivity index (χ2n) is 3.35. The third-order valence-electron chi connectivity index (χ3n) is 2.28. The highest BCUT2D eigenvalue weighted by atomic mass is 15.0. The van der Waals surface area contributed by atoms with Gasteiger partial charge in [-0.25, -0.2) is 0 Å². The van der Waals surface area contributed by atoms with E-state index in [4.69, 9.17) is 0 Å². The molecule has 0 N–H and O–H groups in total. The lowest BCUT2D eigenvalue weighted by Gasteiger charge is -1.95. The number of aromatic nitrogens is 2. The Hall–Kier alpha value is -1.70. The van der Waals surface area contributed by atoms with Crippen molar-refractivity contribution in [3.8, 4) is 0 Å². The minimum absolute atomic E-state index is 0.915.